The van der Waals surface area contributed by atoms with Gasteiger partial charge in [-0.3, -0.25) is 0 Å². The third kappa shape index (κ3) is 6.23. The van der Waals surface area contributed by atoms with Crippen LogP contribution >= 0.6 is 0 Å². The molecule has 0 aliphatic rings. The normalized spacial score (nSPS) is 12.1. The van der Waals surface area contributed by atoms with Crippen LogP contribution in [0, 0.1) is 0 Å². The summed E-state index contributed by atoms with van der Waals surface area (Å²) in [6, 6.07) is 8.71. The second-order valence-corrected chi connectivity index (χ2v) is 5.62. The van der Waals surface area contributed by atoms with Crippen LogP contribution in [0.4, 0.5) is 0 Å². The van der Waals surface area contributed by atoms with E-state index >= 15 is 0 Å². The molecular weight excluding hydrogens is 240 g/mol. The molecule has 0 spiro atoms. The molecule has 0 aliphatic heterocycles. The van der Waals surface area contributed by atoms with E-state index in [9.17, 15) is 0 Å². The minimum Gasteiger partial charge on any atom is -0.102 e. The van der Waals surface area contributed by atoms with Gasteiger partial charge in [-0.05, 0) is 17.5 Å². The van der Waals surface area contributed by atoms with Gasteiger partial charge in [0, 0.05) is 5.92 Å². The number of rotatable bonds is 11. The van der Waals surface area contributed by atoms with Crippen LogP contribution in [-0.2, 0) is 0 Å². The average Bonchev–Trinajstić information content (AvgIpc) is 2.50. The van der Waals surface area contributed by atoms with Gasteiger partial charge in [0.2, 0.25) is 0 Å². The molecule has 0 aromatic heterocycles. The van der Waals surface area contributed by atoms with Crippen LogP contribution in [0.1, 0.15) is 75.3 Å². The Hall–Kier alpha value is -1.30. The molecule has 0 nitrogen and oxygen atoms in total. The van der Waals surface area contributed by atoms with Gasteiger partial charge in [-0.25, -0.2) is 0 Å². The Kier molecular flexibility index (Phi) is 8.78. The topological polar surface area (TPSA) is 0 Å². The minimum absolute atomic E-state index is 0.504. The molecular formula is C20H30. The molecule has 0 heterocycles. The number of hydrogen-bond donors (Lipinski definition) is 0. The van der Waals surface area contributed by atoms with Crippen molar-refractivity contribution in [2.45, 2.75) is 64.2 Å². The summed E-state index contributed by atoms with van der Waals surface area (Å²) in [5, 5.41) is 0. The lowest BCUT2D eigenvalue weighted by Crippen LogP contribution is -1.95. The van der Waals surface area contributed by atoms with E-state index in [1.165, 1.54) is 62.5 Å². The van der Waals surface area contributed by atoms with E-state index in [0.717, 1.165) is 0 Å². The first-order valence-electron chi connectivity index (χ1n) is 8.16. The van der Waals surface area contributed by atoms with Gasteiger partial charge >= 0.3 is 0 Å². The molecule has 0 fully saturated rings. The predicted molar refractivity (Wildman–Crippen MR) is 92.1 cm³/mol. The van der Waals surface area contributed by atoms with E-state index in [4.69, 9.17) is 0 Å². The highest BCUT2D eigenvalue weighted by atomic mass is 14.1. The Morgan fingerprint density at radius 2 is 1.50 bits per heavy atom. The monoisotopic (exact) mass is 270 g/mol. The first kappa shape index (κ1) is 16.8. The maximum Gasteiger partial charge on any atom is 0.00153 e. The van der Waals surface area contributed by atoms with Crippen molar-refractivity contribution in [2.24, 2.45) is 0 Å². The van der Waals surface area contributed by atoms with Crippen molar-refractivity contribution in [3.8, 4) is 0 Å². The number of unbranched alkanes of at least 4 members (excludes halogenated alkanes) is 6. The molecule has 1 atom stereocenters. The Morgan fingerprint density at radius 1 is 0.900 bits per heavy atom. The van der Waals surface area contributed by atoms with Gasteiger partial charge in [-0.2, -0.15) is 0 Å². The van der Waals surface area contributed by atoms with E-state index < -0.39 is 0 Å². The molecule has 0 bridgehead atoms. The largest absolute Gasteiger partial charge is 0.102 e. The molecule has 110 valence electrons. The summed E-state index contributed by atoms with van der Waals surface area (Å²) in [5.41, 5.74) is 2.57. The maximum absolute atomic E-state index is 4.00. The van der Waals surface area contributed by atoms with Crippen LogP contribution in [0.25, 0.3) is 6.08 Å². The predicted octanol–water partition coefficient (Wildman–Crippen LogP) is 6.74. The molecule has 1 aromatic carbocycles. The smallest absolute Gasteiger partial charge is 0.00153 e. The van der Waals surface area contributed by atoms with Crippen molar-refractivity contribution in [3.05, 3.63) is 54.6 Å². The summed E-state index contributed by atoms with van der Waals surface area (Å²) in [5.74, 6) is 0.504. The summed E-state index contributed by atoms with van der Waals surface area (Å²) < 4.78 is 0. The molecule has 1 unspecified atom stereocenters. The highest BCUT2D eigenvalue weighted by Gasteiger charge is 2.06. The van der Waals surface area contributed by atoms with Crippen molar-refractivity contribution < 1.29 is 0 Å². The molecule has 0 saturated carbocycles. The highest BCUT2D eigenvalue weighted by Crippen LogP contribution is 2.24. The Bertz CT molecular complexity index is 372. The lowest BCUT2D eigenvalue weighted by Gasteiger charge is -2.13. The molecule has 0 aliphatic carbocycles. The van der Waals surface area contributed by atoms with Crippen molar-refractivity contribution in [3.63, 3.8) is 0 Å². The molecule has 1 aromatic rings. The fraction of sp³-hybridized carbons (Fsp3) is 0.500. The Balaban J connectivity index is 2.28. The first-order valence-corrected chi connectivity index (χ1v) is 8.16. The van der Waals surface area contributed by atoms with Gasteiger partial charge in [0.1, 0.15) is 0 Å². The van der Waals surface area contributed by atoms with Crippen LogP contribution in [-0.4, -0.2) is 0 Å². The van der Waals surface area contributed by atoms with Crippen molar-refractivity contribution in [1.82, 2.24) is 0 Å². The third-order valence-corrected chi connectivity index (χ3v) is 4.00. The second kappa shape index (κ2) is 10.5. The van der Waals surface area contributed by atoms with Crippen molar-refractivity contribution in [1.29, 1.82) is 0 Å². The fourth-order valence-electron chi connectivity index (χ4n) is 2.62. The fourth-order valence-corrected chi connectivity index (χ4v) is 2.62. The highest BCUT2D eigenvalue weighted by molar-refractivity contribution is 5.47. The van der Waals surface area contributed by atoms with Gasteiger partial charge in [-0.15, -0.1) is 6.58 Å². The molecule has 1 rings (SSSR count). The van der Waals surface area contributed by atoms with E-state index in [1.54, 1.807) is 0 Å². The van der Waals surface area contributed by atoms with E-state index in [2.05, 4.69) is 50.4 Å². The van der Waals surface area contributed by atoms with E-state index in [1.807, 2.05) is 6.08 Å². The molecule has 0 amide bonds. The Morgan fingerprint density at radius 3 is 2.05 bits per heavy atom. The van der Waals surface area contributed by atoms with Gasteiger partial charge < -0.3 is 0 Å². The van der Waals surface area contributed by atoms with Crippen molar-refractivity contribution >= 4 is 6.08 Å². The average molecular weight is 270 g/mol. The van der Waals surface area contributed by atoms with Gasteiger partial charge in [0.25, 0.3) is 0 Å². The molecule has 0 saturated heterocycles. The van der Waals surface area contributed by atoms with E-state index in [0.29, 0.717) is 5.92 Å². The standard InChI is InChI=1S/C20H30/c1-4-7-8-9-10-11-12-13-19(6-3)20-16-14-18(5-2)15-17-20/h5-6,14-17,19H,2-4,7-13H2,1H3. The summed E-state index contributed by atoms with van der Waals surface area (Å²) >= 11 is 0. The summed E-state index contributed by atoms with van der Waals surface area (Å²) in [4.78, 5) is 0. The second-order valence-electron chi connectivity index (χ2n) is 5.62. The zero-order valence-corrected chi connectivity index (χ0v) is 13.1. The van der Waals surface area contributed by atoms with Gasteiger partial charge in [0.15, 0.2) is 0 Å². The van der Waals surface area contributed by atoms with Crippen LogP contribution in [0.15, 0.2) is 43.5 Å². The number of hydrogen-bond acceptors (Lipinski definition) is 0. The zero-order valence-electron chi connectivity index (χ0n) is 13.1. The van der Waals surface area contributed by atoms with Crippen LogP contribution in [0.3, 0.4) is 0 Å². The molecule has 0 radical (unpaired) electrons. The quantitative estimate of drug-likeness (QED) is 0.308. The lowest BCUT2D eigenvalue weighted by atomic mass is 9.92. The van der Waals surface area contributed by atoms with Crippen molar-refractivity contribution in [2.75, 3.05) is 0 Å². The zero-order chi connectivity index (χ0) is 14.6. The van der Waals surface area contributed by atoms with Crippen LogP contribution in [0.2, 0.25) is 0 Å². The SMILES string of the molecule is C=Cc1ccc(C(C=C)CCCCCCCCC)cc1. The van der Waals surface area contributed by atoms with Crippen LogP contribution < -0.4 is 0 Å². The van der Waals surface area contributed by atoms with E-state index in [-0.39, 0.29) is 0 Å². The summed E-state index contributed by atoms with van der Waals surface area (Å²) in [6.45, 7) is 10.1. The molecule has 20 heavy (non-hydrogen) atoms. The van der Waals surface area contributed by atoms with Crippen LogP contribution in [0.5, 0.6) is 0 Å². The number of allylic oxidation sites excluding steroid dienone is 1. The third-order valence-electron chi connectivity index (χ3n) is 4.00. The summed E-state index contributed by atoms with van der Waals surface area (Å²) in [6.07, 6.45) is 14.8. The molecule has 0 heteroatoms. The minimum atomic E-state index is 0.504. The first-order chi connectivity index (χ1) is 9.81. The van der Waals surface area contributed by atoms with Gasteiger partial charge in [-0.1, -0.05) is 94.9 Å². The molecule has 0 N–H and O–H groups in total. The Labute approximate surface area is 125 Å². The van der Waals surface area contributed by atoms with Gasteiger partial charge in [0.05, 0.1) is 0 Å². The number of benzene rings is 1. The summed E-state index contributed by atoms with van der Waals surface area (Å²) in [7, 11) is 0. The maximum atomic E-state index is 4.00. The lowest BCUT2D eigenvalue weighted by molar-refractivity contribution is 0.563.